The SMILES string of the molecule is Cc1n[nH]c(C)c1S(=O)(=O)NCCc1c[nH]c2ccc(Cl)cc12. The predicted molar refractivity (Wildman–Crippen MR) is 90.3 cm³/mol. The maximum absolute atomic E-state index is 12.4. The Morgan fingerprint density at radius 3 is 2.78 bits per heavy atom. The van der Waals surface area contributed by atoms with Crippen molar-refractivity contribution in [1.29, 1.82) is 0 Å². The Morgan fingerprint density at radius 1 is 1.30 bits per heavy atom. The second-order valence-electron chi connectivity index (χ2n) is 5.41. The Bertz CT molecular complexity index is 940. The summed E-state index contributed by atoms with van der Waals surface area (Å²) in [4.78, 5) is 3.38. The van der Waals surface area contributed by atoms with Gasteiger partial charge in [0, 0.05) is 28.7 Å². The molecule has 0 radical (unpaired) electrons. The van der Waals surface area contributed by atoms with Crippen molar-refractivity contribution in [3.8, 4) is 0 Å². The largest absolute Gasteiger partial charge is 0.361 e. The van der Waals surface area contributed by atoms with Crippen molar-refractivity contribution < 1.29 is 8.42 Å². The highest BCUT2D eigenvalue weighted by atomic mass is 35.5. The summed E-state index contributed by atoms with van der Waals surface area (Å²) in [5, 5.41) is 8.28. The van der Waals surface area contributed by atoms with Crippen molar-refractivity contribution >= 4 is 32.5 Å². The topological polar surface area (TPSA) is 90.6 Å². The van der Waals surface area contributed by atoms with Gasteiger partial charge in [-0.15, -0.1) is 0 Å². The number of H-pyrrole nitrogens is 2. The minimum atomic E-state index is -3.57. The lowest BCUT2D eigenvalue weighted by Gasteiger charge is -2.06. The van der Waals surface area contributed by atoms with Crippen LogP contribution in [0.5, 0.6) is 0 Å². The molecule has 3 rings (SSSR count). The molecule has 3 N–H and O–H groups in total. The number of aromatic amines is 2. The maximum atomic E-state index is 12.4. The zero-order valence-electron chi connectivity index (χ0n) is 12.8. The second-order valence-corrected chi connectivity index (χ2v) is 7.55. The molecule has 2 aromatic heterocycles. The van der Waals surface area contributed by atoms with E-state index < -0.39 is 10.0 Å². The van der Waals surface area contributed by atoms with Crippen LogP contribution in [0.1, 0.15) is 17.0 Å². The highest BCUT2D eigenvalue weighted by Crippen LogP contribution is 2.23. The number of nitrogens with one attached hydrogen (secondary N) is 3. The molecule has 23 heavy (non-hydrogen) atoms. The molecule has 0 amide bonds. The number of hydrogen-bond donors (Lipinski definition) is 3. The third-order valence-corrected chi connectivity index (χ3v) is 5.70. The molecule has 0 bridgehead atoms. The number of halogens is 1. The van der Waals surface area contributed by atoms with Crippen molar-refractivity contribution in [2.75, 3.05) is 6.54 Å². The molecule has 0 aliphatic heterocycles. The summed E-state index contributed by atoms with van der Waals surface area (Å²) < 4.78 is 27.4. The van der Waals surface area contributed by atoms with E-state index in [2.05, 4.69) is 19.9 Å². The molecule has 6 nitrogen and oxygen atoms in total. The number of hydrogen-bond acceptors (Lipinski definition) is 3. The molecule has 2 heterocycles. The van der Waals surface area contributed by atoms with E-state index in [4.69, 9.17) is 11.6 Å². The number of sulfonamides is 1. The fourth-order valence-corrected chi connectivity index (χ4v) is 4.26. The van der Waals surface area contributed by atoms with Crippen molar-refractivity contribution in [3.05, 3.63) is 46.4 Å². The first-order valence-corrected chi connectivity index (χ1v) is 9.01. The fourth-order valence-electron chi connectivity index (χ4n) is 2.69. The average Bonchev–Trinajstić information content (AvgIpc) is 3.03. The number of nitrogens with zero attached hydrogens (tertiary/aromatic N) is 1. The predicted octanol–water partition coefficient (Wildman–Crippen LogP) is 2.68. The third-order valence-electron chi connectivity index (χ3n) is 3.75. The monoisotopic (exact) mass is 352 g/mol. The molecule has 3 aromatic rings. The van der Waals surface area contributed by atoms with E-state index in [1.54, 1.807) is 13.8 Å². The van der Waals surface area contributed by atoms with Gasteiger partial charge in [0.1, 0.15) is 4.90 Å². The Labute approximate surface area is 139 Å². The zero-order chi connectivity index (χ0) is 16.6. The van der Waals surface area contributed by atoms with Gasteiger partial charge in [-0.2, -0.15) is 5.10 Å². The standard InChI is InChI=1S/C15H17ClN4O2S/c1-9-15(10(2)20-19-9)23(21,22)18-6-5-11-8-17-14-4-3-12(16)7-13(11)14/h3-4,7-8,17-18H,5-6H2,1-2H3,(H,19,20). The summed E-state index contributed by atoms with van der Waals surface area (Å²) in [6.07, 6.45) is 2.44. The van der Waals surface area contributed by atoms with E-state index in [1.807, 2.05) is 24.4 Å². The van der Waals surface area contributed by atoms with Crippen LogP contribution in [-0.2, 0) is 16.4 Å². The zero-order valence-corrected chi connectivity index (χ0v) is 14.3. The number of rotatable bonds is 5. The van der Waals surface area contributed by atoms with E-state index in [9.17, 15) is 8.42 Å². The van der Waals surface area contributed by atoms with E-state index >= 15 is 0 Å². The normalized spacial score (nSPS) is 12.1. The van der Waals surface area contributed by atoms with Crippen molar-refractivity contribution in [1.82, 2.24) is 19.9 Å². The van der Waals surface area contributed by atoms with Gasteiger partial charge in [-0.1, -0.05) is 11.6 Å². The molecule has 8 heteroatoms. The van der Waals surface area contributed by atoms with Crippen LogP contribution in [0.25, 0.3) is 10.9 Å². The van der Waals surface area contributed by atoms with Crippen LogP contribution in [0.2, 0.25) is 5.02 Å². The van der Waals surface area contributed by atoms with Gasteiger partial charge in [-0.05, 0) is 44.0 Å². The summed E-state index contributed by atoms with van der Waals surface area (Å²) in [6, 6.07) is 5.60. The lowest BCUT2D eigenvalue weighted by atomic mass is 10.1. The molecule has 0 aliphatic carbocycles. The van der Waals surface area contributed by atoms with Gasteiger partial charge in [-0.3, -0.25) is 5.10 Å². The molecule has 0 unspecified atom stereocenters. The minimum Gasteiger partial charge on any atom is -0.361 e. The molecule has 0 fully saturated rings. The molecular weight excluding hydrogens is 336 g/mol. The fraction of sp³-hybridized carbons (Fsp3) is 0.267. The highest BCUT2D eigenvalue weighted by Gasteiger charge is 2.21. The Hall–Kier alpha value is -1.83. The first kappa shape index (κ1) is 16.0. The van der Waals surface area contributed by atoms with Gasteiger partial charge >= 0.3 is 0 Å². The van der Waals surface area contributed by atoms with Gasteiger partial charge in [-0.25, -0.2) is 13.1 Å². The molecule has 0 atom stereocenters. The van der Waals surface area contributed by atoms with Crippen molar-refractivity contribution in [2.45, 2.75) is 25.2 Å². The van der Waals surface area contributed by atoms with E-state index in [0.29, 0.717) is 29.4 Å². The van der Waals surface area contributed by atoms with Gasteiger partial charge < -0.3 is 4.98 Å². The second kappa shape index (κ2) is 5.99. The van der Waals surface area contributed by atoms with Gasteiger partial charge in [0.25, 0.3) is 0 Å². The maximum Gasteiger partial charge on any atom is 0.244 e. The van der Waals surface area contributed by atoms with Gasteiger partial charge in [0.05, 0.1) is 11.4 Å². The summed E-state index contributed by atoms with van der Waals surface area (Å²) >= 11 is 6.02. The molecular formula is C15H17ClN4O2S. The summed E-state index contributed by atoms with van der Waals surface area (Å²) in [6.45, 7) is 3.65. The quantitative estimate of drug-likeness (QED) is 0.659. The van der Waals surface area contributed by atoms with Gasteiger partial charge in [0.15, 0.2) is 0 Å². The average molecular weight is 353 g/mol. The van der Waals surface area contributed by atoms with Crippen LogP contribution in [-0.4, -0.2) is 30.1 Å². The first-order valence-electron chi connectivity index (χ1n) is 7.15. The Morgan fingerprint density at radius 2 is 2.09 bits per heavy atom. The molecule has 0 aliphatic rings. The molecule has 0 saturated carbocycles. The lowest BCUT2D eigenvalue weighted by Crippen LogP contribution is -2.26. The summed E-state index contributed by atoms with van der Waals surface area (Å²) in [5.41, 5.74) is 3.00. The van der Waals surface area contributed by atoms with Crippen molar-refractivity contribution in [3.63, 3.8) is 0 Å². The number of benzene rings is 1. The minimum absolute atomic E-state index is 0.222. The van der Waals surface area contributed by atoms with Crippen LogP contribution in [0.15, 0.2) is 29.3 Å². The molecule has 122 valence electrons. The van der Waals surface area contributed by atoms with Crippen LogP contribution < -0.4 is 4.72 Å². The third kappa shape index (κ3) is 3.12. The van der Waals surface area contributed by atoms with E-state index in [-0.39, 0.29) is 4.90 Å². The number of aromatic nitrogens is 3. The number of fused-ring (bicyclic) bond motifs is 1. The molecule has 1 aromatic carbocycles. The number of aryl methyl sites for hydroxylation is 2. The Kier molecular flexibility index (Phi) is 4.18. The van der Waals surface area contributed by atoms with Crippen LogP contribution in [0.4, 0.5) is 0 Å². The van der Waals surface area contributed by atoms with E-state index in [1.165, 1.54) is 0 Å². The Balaban J connectivity index is 1.75. The van der Waals surface area contributed by atoms with Crippen LogP contribution in [0.3, 0.4) is 0 Å². The van der Waals surface area contributed by atoms with Crippen LogP contribution in [0, 0.1) is 13.8 Å². The first-order chi connectivity index (χ1) is 10.9. The molecule has 0 saturated heterocycles. The van der Waals surface area contributed by atoms with Crippen molar-refractivity contribution in [2.24, 2.45) is 0 Å². The molecule has 0 spiro atoms. The van der Waals surface area contributed by atoms with Gasteiger partial charge in [0.2, 0.25) is 10.0 Å². The summed E-state index contributed by atoms with van der Waals surface area (Å²) in [7, 11) is -3.57. The van der Waals surface area contributed by atoms with E-state index in [0.717, 1.165) is 16.5 Å². The smallest absolute Gasteiger partial charge is 0.244 e. The van der Waals surface area contributed by atoms with Crippen LogP contribution >= 0.6 is 11.6 Å². The highest BCUT2D eigenvalue weighted by molar-refractivity contribution is 7.89. The summed E-state index contributed by atoms with van der Waals surface area (Å²) in [5.74, 6) is 0. The lowest BCUT2D eigenvalue weighted by molar-refractivity contribution is 0.580.